The largest absolute Gasteiger partial charge is 0.490 e. The number of methoxy groups -OCH3 is 1. The lowest BCUT2D eigenvalue weighted by Gasteiger charge is -2.16. The summed E-state index contributed by atoms with van der Waals surface area (Å²) in [5.41, 5.74) is 1.03. The molecule has 6 nitrogen and oxygen atoms in total. The van der Waals surface area contributed by atoms with Crippen molar-refractivity contribution >= 4 is 5.97 Å². The Kier molecular flexibility index (Phi) is 7.56. The third-order valence-corrected chi connectivity index (χ3v) is 2.77. The van der Waals surface area contributed by atoms with Gasteiger partial charge in [-0.3, -0.25) is 0 Å². The van der Waals surface area contributed by atoms with Gasteiger partial charge in [-0.25, -0.2) is 4.79 Å². The number of carboxylic acid groups (broad SMARTS) is 1. The van der Waals surface area contributed by atoms with Crippen LogP contribution in [-0.2, 0) is 16.1 Å². The molecule has 118 valence electrons. The fraction of sp³-hybridized carbons (Fsp3) is 0.533. The first-order chi connectivity index (χ1) is 10.1. The van der Waals surface area contributed by atoms with Crippen LogP contribution < -0.4 is 14.8 Å². The summed E-state index contributed by atoms with van der Waals surface area (Å²) in [4.78, 5) is 10.9. The van der Waals surface area contributed by atoms with E-state index in [9.17, 15) is 4.79 Å². The highest BCUT2D eigenvalue weighted by molar-refractivity contribution is 5.72. The van der Waals surface area contributed by atoms with Crippen molar-refractivity contribution in [1.82, 2.24) is 5.32 Å². The minimum absolute atomic E-state index is 0.437. The lowest BCUT2D eigenvalue weighted by atomic mass is 10.2. The summed E-state index contributed by atoms with van der Waals surface area (Å²) in [7, 11) is 1.66. The molecule has 0 saturated carbocycles. The van der Waals surface area contributed by atoms with Crippen LogP contribution in [0.3, 0.4) is 0 Å². The highest BCUT2D eigenvalue weighted by Gasteiger charge is 2.15. The van der Waals surface area contributed by atoms with Gasteiger partial charge in [0.1, 0.15) is 0 Å². The molecule has 0 amide bonds. The van der Waals surface area contributed by atoms with Crippen molar-refractivity contribution in [2.75, 3.05) is 26.9 Å². The zero-order valence-corrected chi connectivity index (χ0v) is 12.7. The van der Waals surface area contributed by atoms with Crippen molar-refractivity contribution < 1.29 is 24.1 Å². The number of aliphatic carboxylic acids is 1. The molecular weight excluding hydrogens is 274 g/mol. The summed E-state index contributed by atoms with van der Waals surface area (Å²) in [6.45, 7) is 5.92. The molecule has 0 aliphatic rings. The lowest BCUT2D eigenvalue weighted by Crippen LogP contribution is -2.23. The van der Waals surface area contributed by atoms with Gasteiger partial charge in [0.25, 0.3) is 0 Å². The van der Waals surface area contributed by atoms with Crippen LogP contribution in [0.15, 0.2) is 18.2 Å². The summed E-state index contributed by atoms with van der Waals surface area (Å²) in [5, 5.41) is 12.1. The van der Waals surface area contributed by atoms with Crippen molar-refractivity contribution in [3.63, 3.8) is 0 Å². The van der Waals surface area contributed by atoms with Gasteiger partial charge in [-0.2, -0.15) is 0 Å². The van der Waals surface area contributed by atoms with Gasteiger partial charge in [-0.15, -0.1) is 0 Å². The molecule has 0 aliphatic heterocycles. The molecule has 0 aromatic heterocycles. The van der Waals surface area contributed by atoms with Gasteiger partial charge in [0, 0.05) is 20.2 Å². The summed E-state index contributed by atoms with van der Waals surface area (Å²) >= 11 is 0. The Morgan fingerprint density at radius 3 is 2.76 bits per heavy atom. The topological polar surface area (TPSA) is 77.0 Å². The molecule has 0 fully saturated rings. The second-order valence-corrected chi connectivity index (χ2v) is 4.48. The third-order valence-electron chi connectivity index (χ3n) is 2.77. The Labute approximate surface area is 125 Å². The molecular formula is C15H23NO5. The average Bonchev–Trinajstić information content (AvgIpc) is 2.46. The van der Waals surface area contributed by atoms with E-state index in [1.54, 1.807) is 13.2 Å². The van der Waals surface area contributed by atoms with E-state index in [4.69, 9.17) is 19.3 Å². The van der Waals surface area contributed by atoms with E-state index in [1.807, 2.05) is 19.1 Å². The summed E-state index contributed by atoms with van der Waals surface area (Å²) < 4.78 is 15.9. The molecule has 0 aliphatic carbocycles. The molecule has 2 N–H and O–H groups in total. The zero-order chi connectivity index (χ0) is 15.7. The van der Waals surface area contributed by atoms with Crippen LogP contribution in [0.5, 0.6) is 11.5 Å². The molecule has 0 spiro atoms. The number of hydrogen-bond donors (Lipinski definition) is 2. The SMILES string of the molecule is CCOc1cc(CNCCOC)ccc1OC(C)C(=O)O. The summed E-state index contributed by atoms with van der Waals surface area (Å²) in [6, 6.07) is 5.47. The number of hydrogen-bond acceptors (Lipinski definition) is 5. The monoisotopic (exact) mass is 297 g/mol. The maximum absolute atomic E-state index is 10.9. The molecule has 0 saturated heterocycles. The quantitative estimate of drug-likeness (QED) is 0.640. The third kappa shape index (κ3) is 6.01. The number of carboxylic acids is 1. The Morgan fingerprint density at radius 2 is 2.14 bits per heavy atom. The standard InChI is InChI=1S/C15H23NO5/c1-4-20-14-9-12(10-16-7-8-19-3)5-6-13(14)21-11(2)15(17)18/h5-6,9,11,16H,4,7-8,10H2,1-3H3,(H,17,18). The van der Waals surface area contributed by atoms with E-state index in [-0.39, 0.29) is 0 Å². The van der Waals surface area contributed by atoms with Crippen LogP contribution >= 0.6 is 0 Å². The smallest absolute Gasteiger partial charge is 0.344 e. The average molecular weight is 297 g/mol. The van der Waals surface area contributed by atoms with Crippen molar-refractivity contribution in [3.8, 4) is 11.5 Å². The molecule has 1 aromatic carbocycles. The van der Waals surface area contributed by atoms with E-state index in [0.29, 0.717) is 31.3 Å². The zero-order valence-electron chi connectivity index (χ0n) is 12.7. The molecule has 1 unspecified atom stereocenters. The summed E-state index contributed by atoms with van der Waals surface area (Å²) in [5.74, 6) is -0.0215. The normalized spacial score (nSPS) is 12.0. The highest BCUT2D eigenvalue weighted by atomic mass is 16.5. The number of benzene rings is 1. The Morgan fingerprint density at radius 1 is 1.38 bits per heavy atom. The van der Waals surface area contributed by atoms with Crippen LogP contribution in [-0.4, -0.2) is 44.0 Å². The summed E-state index contributed by atoms with van der Waals surface area (Å²) in [6.07, 6.45) is -0.921. The lowest BCUT2D eigenvalue weighted by molar-refractivity contribution is -0.144. The Hall–Kier alpha value is -1.79. The molecule has 0 radical (unpaired) electrons. The minimum Gasteiger partial charge on any atom is -0.490 e. The molecule has 1 aromatic rings. The fourth-order valence-corrected chi connectivity index (χ4v) is 1.68. The second-order valence-electron chi connectivity index (χ2n) is 4.48. The first-order valence-electron chi connectivity index (χ1n) is 6.93. The van der Waals surface area contributed by atoms with Crippen LogP contribution in [0.1, 0.15) is 19.4 Å². The molecule has 1 rings (SSSR count). The number of ether oxygens (including phenoxy) is 3. The van der Waals surface area contributed by atoms with Gasteiger partial charge < -0.3 is 24.6 Å². The minimum atomic E-state index is -1.01. The van der Waals surface area contributed by atoms with Crippen LogP contribution in [0.2, 0.25) is 0 Å². The van der Waals surface area contributed by atoms with E-state index < -0.39 is 12.1 Å². The highest BCUT2D eigenvalue weighted by Crippen LogP contribution is 2.29. The van der Waals surface area contributed by atoms with Gasteiger partial charge in [0.15, 0.2) is 17.6 Å². The van der Waals surface area contributed by atoms with Crippen molar-refractivity contribution in [2.45, 2.75) is 26.5 Å². The predicted molar refractivity (Wildman–Crippen MR) is 78.9 cm³/mol. The Bertz CT molecular complexity index is 450. The Balaban J connectivity index is 2.73. The maximum Gasteiger partial charge on any atom is 0.344 e. The fourth-order valence-electron chi connectivity index (χ4n) is 1.68. The number of carbonyl (C=O) groups is 1. The van der Waals surface area contributed by atoms with Gasteiger partial charge in [-0.1, -0.05) is 6.07 Å². The van der Waals surface area contributed by atoms with E-state index >= 15 is 0 Å². The predicted octanol–water partition coefficient (Wildman–Crippen LogP) is 1.67. The van der Waals surface area contributed by atoms with Crippen LogP contribution in [0.4, 0.5) is 0 Å². The van der Waals surface area contributed by atoms with Crippen molar-refractivity contribution in [1.29, 1.82) is 0 Å². The van der Waals surface area contributed by atoms with Crippen LogP contribution in [0.25, 0.3) is 0 Å². The maximum atomic E-state index is 10.9. The van der Waals surface area contributed by atoms with Gasteiger partial charge in [0.05, 0.1) is 13.2 Å². The van der Waals surface area contributed by atoms with Gasteiger partial charge in [-0.05, 0) is 31.5 Å². The van der Waals surface area contributed by atoms with Crippen LogP contribution in [0, 0.1) is 0 Å². The molecule has 21 heavy (non-hydrogen) atoms. The molecule has 0 heterocycles. The number of nitrogens with one attached hydrogen (secondary N) is 1. The first-order valence-corrected chi connectivity index (χ1v) is 6.93. The van der Waals surface area contributed by atoms with Gasteiger partial charge in [0.2, 0.25) is 0 Å². The van der Waals surface area contributed by atoms with Gasteiger partial charge >= 0.3 is 5.97 Å². The van der Waals surface area contributed by atoms with E-state index in [2.05, 4.69) is 5.32 Å². The first kappa shape index (κ1) is 17.3. The second kappa shape index (κ2) is 9.20. The van der Waals surface area contributed by atoms with Crippen molar-refractivity contribution in [3.05, 3.63) is 23.8 Å². The number of rotatable bonds is 10. The molecule has 0 bridgehead atoms. The van der Waals surface area contributed by atoms with E-state index in [0.717, 1.165) is 12.1 Å². The molecule has 1 atom stereocenters. The van der Waals surface area contributed by atoms with Crippen molar-refractivity contribution in [2.24, 2.45) is 0 Å². The van der Waals surface area contributed by atoms with E-state index in [1.165, 1.54) is 6.92 Å². The molecule has 6 heteroatoms.